The molecule has 4 nitrogen and oxygen atoms in total. The molecule has 20 heavy (non-hydrogen) atoms. The normalized spacial score (nSPS) is 20.1. The van der Waals surface area contributed by atoms with Crippen LogP contribution in [0.15, 0.2) is 23.8 Å². The molecule has 1 aliphatic heterocycles. The summed E-state index contributed by atoms with van der Waals surface area (Å²) in [6, 6.07) is 2.95. The minimum Gasteiger partial charge on any atom is -0.508 e. The van der Waals surface area contributed by atoms with Gasteiger partial charge in [-0.15, -0.1) is 0 Å². The molecule has 2 rings (SSSR count). The number of ketones is 1. The SMILES string of the molecule is CC(C)=CCc1cc(O)cc2c1OC(C)(C)[C@H](O)C2=O. The van der Waals surface area contributed by atoms with Crippen molar-refractivity contribution in [3.63, 3.8) is 0 Å². The van der Waals surface area contributed by atoms with Crippen LogP contribution in [0.3, 0.4) is 0 Å². The molecule has 0 saturated carbocycles. The second kappa shape index (κ2) is 4.94. The molecule has 0 bridgehead atoms. The number of allylic oxidation sites excluding steroid dienone is 2. The van der Waals surface area contributed by atoms with E-state index in [4.69, 9.17) is 4.74 Å². The Bertz CT molecular complexity index is 580. The second-order valence-corrected chi connectivity index (χ2v) is 5.94. The average Bonchev–Trinajstić information content (AvgIpc) is 2.35. The molecule has 0 amide bonds. The number of aliphatic hydroxyl groups excluding tert-OH is 1. The molecule has 0 unspecified atom stereocenters. The number of rotatable bonds is 2. The van der Waals surface area contributed by atoms with Crippen molar-refractivity contribution in [2.24, 2.45) is 0 Å². The lowest BCUT2D eigenvalue weighted by molar-refractivity contribution is -0.0254. The van der Waals surface area contributed by atoms with Crippen molar-refractivity contribution in [3.05, 3.63) is 34.9 Å². The third kappa shape index (κ3) is 2.56. The number of fused-ring (bicyclic) bond motifs is 1. The van der Waals surface area contributed by atoms with Crippen LogP contribution in [0.2, 0.25) is 0 Å². The van der Waals surface area contributed by atoms with Crippen molar-refractivity contribution in [2.75, 3.05) is 0 Å². The minimum absolute atomic E-state index is 0.00441. The Morgan fingerprint density at radius 1 is 1.40 bits per heavy atom. The van der Waals surface area contributed by atoms with E-state index >= 15 is 0 Å². The Kier molecular flexibility index (Phi) is 3.61. The lowest BCUT2D eigenvalue weighted by Gasteiger charge is -2.36. The molecular weight excluding hydrogens is 256 g/mol. The zero-order valence-corrected chi connectivity index (χ0v) is 12.2. The maximum Gasteiger partial charge on any atom is 0.199 e. The van der Waals surface area contributed by atoms with Crippen molar-refractivity contribution in [1.29, 1.82) is 0 Å². The van der Waals surface area contributed by atoms with Gasteiger partial charge in [0.05, 0.1) is 5.56 Å². The van der Waals surface area contributed by atoms with E-state index in [1.165, 1.54) is 6.07 Å². The van der Waals surface area contributed by atoms with E-state index in [0.29, 0.717) is 12.2 Å². The predicted molar refractivity (Wildman–Crippen MR) is 76.3 cm³/mol. The van der Waals surface area contributed by atoms with Crippen LogP contribution in [0.25, 0.3) is 0 Å². The fourth-order valence-corrected chi connectivity index (χ4v) is 2.22. The van der Waals surface area contributed by atoms with Gasteiger partial charge in [-0.25, -0.2) is 0 Å². The Morgan fingerprint density at radius 2 is 2.05 bits per heavy atom. The third-order valence-corrected chi connectivity index (χ3v) is 3.42. The highest BCUT2D eigenvalue weighted by Gasteiger charge is 2.43. The highest BCUT2D eigenvalue weighted by molar-refractivity contribution is 6.04. The van der Waals surface area contributed by atoms with Crippen LogP contribution in [-0.4, -0.2) is 27.7 Å². The van der Waals surface area contributed by atoms with Gasteiger partial charge >= 0.3 is 0 Å². The minimum atomic E-state index is -1.23. The van der Waals surface area contributed by atoms with Gasteiger partial charge in [-0.05, 0) is 46.2 Å². The maximum absolute atomic E-state index is 12.2. The number of ether oxygens (including phenoxy) is 1. The van der Waals surface area contributed by atoms with E-state index in [-0.39, 0.29) is 11.3 Å². The van der Waals surface area contributed by atoms with E-state index < -0.39 is 17.5 Å². The van der Waals surface area contributed by atoms with Crippen LogP contribution in [0.5, 0.6) is 11.5 Å². The van der Waals surface area contributed by atoms with Gasteiger partial charge < -0.3 is 14.9 Å². The van der Waals surface area contributed by atoms with Gasteiger partial charge in [-0.2, -0.15) is 0 Å². The molecule has 1 aromatic carbocycles. The second-order valence-electron chi connectivity index (χ2n) is 5.94. The molecule has 1 atom stereocenters. The molecule has 0 fully saturated rings. The fraction of sp³-hybridized carbons (Fsp3) is 0.438. The maximum atomic E-state index is 12.2. The summed E-state index contributed by atoms with van der Waals surface area (Å²) in [7, 11) is 0. The van der Waals surface area contributed by atoms with Crippen molar-refractivity contribution in [1.82, 2.24) is 0 Å². The number of aliphatic hydroxyl groups is 1. The lowest BCUT2D eigenvalue weighted by Crippen LogP contribution is -2.50. The van der Waals surface area contributed by atoms with Crippen LogP contribution >= 0.6 is 0 Å². The summed E-state index contributed by atoms with van der Waals surface area (Å²) in [5, 5.41) is 19.7. The number of benzene rings is 1. The van der Waals surface area contributed by atoms with E-state index in [2.05, 4.69) is 0 Å². The first-order valence-corrected chi connectivity index (χ1v) is 6.63. The van der Waals surface area contributed by atoms with Crippen molar-refractivity contribution in [3.8, 4) is 11.5 Å². The summed E-state index contributed by atoms with van der Waals surface area (Å²) in [6.45, 7) is 7.32. The smallest absolute Gasteiger partial charge is 0.199 e. The molecule has 1 heterocycles. The quantitative estimate of drug-likeness (QED) is 0.815. The largest absolute Gasteiger partial charge is 0.508 e. The van der Waals surface area contributed by atoms with Crippen LogP contribution < -0.4 is 4.74 Å². The number of aromatic hydroxyl groups is 1. The molecule has 0 spiro atoms. The number of carbonyl (C=O) groups excluding carboxylic acids is 1. The molecular formula is C16H20O4. The number of hydrogen-bond donors (Lipinski definition) is 2. The number of phenolic OH excluding ortho intramolecular Hbond substituents is 1. The van der Waals surface area contributed by atoms with Gasteiger partial charge in [-0.3, -0.25) is 4.79 Å². The van der Waals surface area contributed by atoms with Gasteiger partial charge in [0.25, 0.3) is 0 Å². The van der Waals surface area contributed by atoms with Crippen LogP contribution in [0.4, 0.5) is 0 Å². The molecule has 0 saturated heterocycles. The molecule has 1 aliphatic rings. The van der Waals surface area contributed by atoms with Crippen LogP contribution in [0.1, 0.15) is 43.6 Å². The first kappa shape index (κ1) is 14.6. The monoisotopic (exact) mass is 276 g/mol. The molecule has 0 aromatic heterocycles. The highest BCUT2D eigenvalue weighted by atomic mass is 16.5. The summed E-state index contributed by atoms with van der Waals surface area (Å²) in [6.07, 6.45) is 1.34. The highest BCUT2D eigenvalue weighted by Crippen LogP contribution is 2.38. The number of phenols is 1. The van der Waals surface area contributed by atoms with Gasteiger partial charge in [-0.1, -0.05) is 11.6 Å². The standard InChI is InChI=1S/C16H20O4/c1-9(2)5-6-10-7-11(17)8-12-13(18)15(19)16(3,4)20-14(10)12/h5,7-8,15,17,19H,6H2,1-4H3/t15-/m1/s1. The number of carbonyl (C=O) groups is 1. The Labute approximate surface area is 118 Å². The topological polar surface area (TPSA) is 66.8 Å². The fourth-order valence-electron chi connectivity index (χ4n) is 2.22. The molecule has 1 aromatic rings. The van der Waals surface area contributed by atoms with E-state index in [1.807, 2.05) is 19.9 Å². The van der Waals surface area contributed by atoms with Gasteiger partial charge in [0.15, 0.2) is 11.9 Å². The predicted octanol–water partition coefficient (Wildman–Crippen LogP) is 2.62. The summed E-state index contributed by atoms with van der Waals surface area (Å²) in [5.74, 6) is 0.0518. The zero-order chi connectivity index (χ0) is 15.1. The van der Waals surface area contributed by atoms with Crippen LogP contribution in [-0.2, 0) is 6.42 Å². The van der Waals surface area contributed by atoms with E-state index in [9.17, 15) is 15.0 Å². The van der Waals surface area contributed by atoms with Crippen molar-refractivity contribution < 1.29 is 19.7 Å². The Morgan fingerprint density at radius 3 is 2.65 bits per heavy atom. The van der Waals surface area contributed by atoms with Gasteiger partial charge in [0.2, 0.25) is 0 Å². The summed E-state index contributed by atoms with van der Waals surface area (Å²) in [5.41, 5.74) is 1.16. The first-order chi connectivity index (χ1) is 9.22. The van der Waals surface area contributed by atoms with E-state index in [1.54, 1.807) is 19.9 Å². The summed E-state index contributed by atoms with van der Waals surface area (Å²) < 4.78 is 5.81. The lowest BCUT2D eigenvalue weighted by atomic mass is 9.88. The first-order valence-electron chi connectivity index (χ1n) is 6.63. The third-order valence-electron chi connectivity index (χ3n) is 3.42. The van der Waals surface area contributed by atoms with Crippen molar-refractivity contribution >= 4 is 5.78 Å². The molecule has 2 N–H and O–H groups in total. The molecule has 0 aliphatic carbocycles. The zero-order valence-electron chi connectivity index (χ0n) is 12.2. The number of hydrogen-bond acceptors (Lipinski definition) is 4. The Hall–Kier alpha value is -1.81. The molecule has 4 heteroatoms. The molecule has 108 valence electrons. The molecule has 0 radical (unpaired) electrons. The number of Topliss-reactive ketones (excluding diaryl/α,β-unsaturated/α-hetero) is 1. The average molecular weight is 276 g/mol. The summed E-state index contributed by atoms with van der Waals surface area (Å²) >= 11 is 0. The van der Waals surface area contributed by atoms with Gasteiger partial charge in [0.1, 0.15) is 17.1 Å². The van der Waals surface area contributed by atoms with E-state index in [0.717, 1.165) is 11.1 Å². The van der Waals surface area contributed by atoms with Crippen LogP contribution in [0, 0.1) is 0 Å². The Balaban J connectivity index is 2.55. The van der Waals surface area contributed by atoms with Crippen molar-refractivity contribution in [2.45, 2.75) is 45.8 Å². The summed E-state index contributed by atoms with van der Waals surface area (Å²) in [4.78, 5) is 12.2. The van der Waals surface area contributed by atoms with Gasteiger partial charge in [0, 0.05) is 5.56 Å².